The van der Waals surface area contributed by atoms with Crippen LogP contribution in [0, 0.1) is 17.7 Å². The number of halogens is 1. The van der Waals surface area contributed by atoms with Gasteiger partial charge >= 0.3 is 0 Å². The van der Waals surface area contributed by atoms with E-state index in [0.717, 1.165) is 36.1 Å². The van der Waals surface area contributed by atoms with Crippen molar-refractivity contribution in [1.29, 1.82) is 0 Å². The van der Waals surface area contributed by atoms with E-state index in [0.29, 0.717) is 6.04 Å². The minimum absolute atomic E-state index is 0.151. The first-order valence-corrected chi connectivity index (χ1v) is 7.80. The van der Waals surface area contributed by atoms with Crippen LogP contribution in [0.1, 0.15) is 38.7 Å². The number of ether oxygens (including phenoxy) is 1. The molecule has 110 valence electrons. The molecule has 3 heteroatoms. The first-order valence-electron chi connectivity index (χ1n) is 7.80. The third kappa shape index (κ3) is 2.98. The molecule has 20 heavy (non-hydrogen) atoms. The lowest BCUT2D eigenvalue weighted by molar-refractivity contribution is 0.184. The van der Waals surface area contributed by atoms with Gasteiger partial charge in [0.05, 0.1) is 0 Å². The molecule has 0 aromatic heterocycles. The predicted molar refractivity (Wildman–Crippen MR) is 78.5 cm³/mol. The van der Waals surface area contributed by atoms with Gasteiger partial charge in [0.1, 0.15) is 17.7 Å². The third-order valence-electron chi connectivity index (χ3n) is 4.80. The summed E-state index contributed by atoms with van der Waals surface area (Å²) >= 11 is 0. The van der Waals surface area contributed by atoms with Crippen LogP contribution in [-0.4, -0.2) is 18.7 Å². The highest BCUT2D eigenvalue weighted by molar-refractivity contribution is 5.37. The molecule has 1 heterocycles. The lowest BCUT2D eigenvalue weighted by Crippen LogP contribution is -2.43. The van der Waals surface area contributed by atoms with E-state index >= 15 is 0 Å². The minimum Gasteiger partial charge on any atom is -0.488 e. The number of fused-ring (bicyclic) bond motifs is 1. The highest BCUT2D eigenvalue weighted by Gasteiger charge is 2.28. The van der Waals surface area contributed by atoms with E-state index in [2.05, 4.69) is 19.2 Å². The van der Waals surface area contributed by atoms with Gasteiger partial charge in [-0.1, -0.05) is 13.8 Å². The number of hydrogen-bond acceptors (Lipinski definition) is 2. The Labute approximate surface area is 120 Å². The van der Waals surface area contributed by atoms with Gasteiger partial charge in [0, 0.05) is 24.6 Å². The van der Waals surface area contributed by atoms with Crippen molar-refractivity contribution in [2.24, 2.45) is 11.8 Å². The molecular weight excluding hydrogens is 253 g/mol. The molecule has 1 aromatic rings. The molecule has 0 spiro atoms. The monoisotopic (exact) mass is 277 g/mol. The Hall–Kier alpha value is -1.09. The third-order valence-corrected chi connectivity index (χ3v) is 4.80. The van der Waals surface area contributed by atoms with Gasteiger partial charge in [0.2, 0.25) is 0 Å². The summed E-state index contributed by atoms with van der Waals surface area (Å²) in [7, 11) is 0. The zero-order valence-corrected chi connectivity index (χ0v) is 12.4. The largest absolute Gasteiger partial charge is 0.488 e. The molecule has 1 fully saturated rings. The van der Waals surface area contributed by atoms with Crippen LogP contribution in [0.4, 0.5) is 4.39 Å². The van der Waals surface area contributed by atoms with Gasteiger partial charge in [0.25, 0.3) is 0 Å². The average molecular weight is 277 g/mol. The van der Waals surface area contributed by atoms with Crippen molar-refractivity contribution in [1.82, 2.24) is 5.32 Å². The summed E-state index contributed by atoms with van der Waals surface area (Å²) in [6.07, 6.45) is 4.86. The van der Waals surface area contributed by atoms with Crippen molar-refractivity contribution < 1.29 is 9.13 Å². The lowest BCUT2D eigenvalue weighted by Gasteiger charge is -2.33. The topological polar surface area (TPSA) is 21.3 Å². The van der Waals surface area contributed by atoms with Gasteiger partial charge in [-0.05, 0) is 49.3 Å². The molecule has 0 radical (unpaired) electrons. The molecule has 4 unspecified atom stereocenters. The molecule has 1 aromatic carbocycles. The lowest BCUT2D eigenvalue weighted by atomic mass is 9.80. The van der Waals surface area contributed by atoms with E-state index in [9.17, 15) is 4.39 Å². The van der Waals surface area contributed by atoms with Gasteiger partial charge in [-0.2, -0.15) is 0 Å². The van der Waals surface area contributed by atoms with Crippen LogP contribution < -0.4 is 10.1 Å². The van der Waals surface area contributed by atoms with Crippen molar-refractivity contribution in [3.63, 3.8) is 0 Å². The molecule has 1 saturated carbocycles. The van der Waals surface area contributed by atoms with Gasteiger partial charge in [-0.15, -0.1) is 0 Å². The molecule has 1 aliphatic heterocycles. The van der Waals surface area contributed by atoms with Gasteiger partial charge < -0.3 is 10.1 Å². The molecular formula is C17H24FNO. The van der Waals surface area contributed by atoms with Crippen molar-refractivity contribution in [3.8, 4) is 5.75 Å². The second-order valence-corrected chi connectivity index (χ2v) is 6.61. The van der Waals surface area contributed by atoms with Crippen molar-refractivity contribution >= 4 is 0 Å². The van der Waals surface area contributed by atoms with E-state index in [1.165, 1.54) is 25.3 Å². The minimum atomic E-state index is -0.171. The van der Waals surface area contributed by atoms with E-state index in [-0.39, 0.29) is 11.9 Å². The van der Waals surface area contributed by atoms with Crippen LogP contribution in [0.15, 0.2) is 18.2 Å². The fraction of sp³-hybridized carbons (Fsp3) is 0.647. The van der Waals surface area contributed by atoms with Crippen LogP contribution in [0.3, 0.4) is 0 Å². The second kappa shape index (κ2) is 5.72. The quantitative estimate of drug-likeness (QED) is 0.912. The van der Waals surface area contributed by atoms with E-state index in [1.54, 1.807) is 12.1 Å². The Balaban J connectivity index is 1.51. The highest BCUT2D eigenvalue weighted by atomic mass is 19.1. The smallest absolute Gasteiger partial charge is 0.123 e. The maximum absolute atomic E-state index is 13.2. The first kappa shape index (κ1) is 13.9. The summed E-state index contributed by atoms with van der Waals surface area (Å²) in [5, 5.41) is 3.66. The van der Waals surface area contributed by atoms with Crippen molar-refractivity contribution in [2.45, 2.75) is 51.7 Å². The summed E-state index contributed by atoms with van der Waals surface area (Å²) in [5.41, 5.74) is 1.00. The zero-order chi connectivity index (χ0) is 14.1. The molecule has 2 aliphatic rings. The highest BCUT2D eigenvalue weighted by Crippen LogP contribution is 2.31. The van der Waals surface area contributed by atoms with Crippen molar-refractivity contribution in [3.05, 3.63) is 29.6 Å². The zero-order valence-electron chi connectivity index (χ0n) is 12.4. The van der Waals surface area contributed by atoms with Gasteiger partial charge in [-0.3, -0.25) is 0 Å². The number of rotatable bonds is 3. The SMILES string of the molecule is CC1CCC(NCC2Cc3cc(F)ccc3O2)C(C)C1. The van der Waals surface area contributed by atoms with Crippen LogP contribution in [-0.2, 0) is 6.42 Å². The summed E-state index contributed by atoms with van der Waals surface area (Å²) in [6.45, 7) is 5.55. The molecule has 0 amide bonds. The Kier molecular flexibility index (Phi) is 3.97. The van der Waals surface area contributed by atoms with Crippen LogP contribution >= 0.6 is 0 Å². The molecule has 3 rings (SSSR count). The Morgan fingerprint density at radius 1 is 1.30 bits per heavy atom. The maximum atomic E-state index is 13.2. The fourth-order valence-electron chi connectivity index (χ4n) is 3.65. The van der Waals surface area contributed by atoms with E-state index in [1.807, 2.05) is 0 Å². The normalized spacial score (nSPS) is 32.8. The molecule has 4 atom stereocenters. The van der Waals surface area contributed by atoms with Crippen LogP contribution in [0.25, 0.3) is 0 Å². The Morgan fingerprint density at radius 3 is 2.95 bits per heavy atom. The summed E-state index contributed by atoms with van der Waals surface area (Å²) in [6, 6.07) is 5.42. The number of benzene rings is 1. The second-order valence-electron chi connectivity index (χ2n) is 6.61. The first-order chi connectivity index (χ1) is 9.61. The standard InChI is InChI=1S/C17H24FNO/c1-11-3-5-16(12(2)7-11)19-10-15-9-13-8-14(18)4-6-17(13)20-15/h4,6,8,11-12,15-16,19H,3,5,7,9-10H2,1-2H3. The number of nitrogens with one attached hydrogen (secondary N) is 1. The molecule has 2 nitrogen and oxygen atoms in total. The predicted octanol–water partition coefficient (Wildman–Crippen LogP) is 3.54. The van der Waals surface area contributed by atoms with Crippen molar-refractivity contribution in [2.75, 3.05) is 6.54 Å². The Morgan fingerprint density at radius 2 is 2.15 bits per heavy atom. The molecule has 1 aliphatic carbocycles. The van der Waals surface area contributed by atoms with E-state index in [4.69, 9.17) is 4.74 Å². The molecule has 0 saturated heterocycles. The van der Waals surface area contributed by atoms with Gasteiger partial charge in [-0.25, -0.2) is 4.39 Å². The van der Waals surface area contributed by atoms with Crippen LogP contribution in [0.2, 0.25) is 0 Å². The number of hydrogen-bond donors (Lipinski definition) is 1. The molecule has 0 bridgehead atoms. The summed E-state index contributed by atoms with van der Waals surface area (Å²) in [5.74, 6) is 2.28. The summed E-state index contributed by atoms with van der Waals surface area (Å²) in [4.78, 5) is 0. The van der Waals surface area contributed by atoms with Crippen LogP contribution in [0.5, 0.6) is 5.75 Å². The molecule has 1 N–H and O–H groups in total. The fourth-order valence-corrected chi connectivity index (χ4v) is 3.65. The van der Waals surface area contributed by atoms with Gasteiger partial charge in [0.15, 0.2) is 0 Å². The maximum Gasteiger partial charge on any atom is 0.123 e. The summed E-state index contributed by atoms with van der Waals surface area (Å²) < 4.78 is 19.1. The Bertz CT molecular complexity index is 476. The average Bonchev–Trinajstić information content (AvgIpc) is 2.79. The van der Waals surface area contributed by atoms with E-state index < -0.39 is 0 Å².